The minimum absolute atomic E-state index is 0.0741. The fourth-order valence-electron chi connectivity index (χ4n) is 1.92. The van der Waals surface area contributed by atoms with Crippen molar-refractivity contribution in [1.82, 2.24) is 4.98 Å². The molecule has 0 unspecified atom stereocenters. The summed E-state index contributed by atoms with van der Waals surface area (Å²) in [5.41, 5.74) is 0.851. The minimum Gasteiger partial charge on any atom is -0.481 e. The number of hydrogen-bond acceptors (Lipinski definition) is 4. The fourth-order valence-corrected chi connectivity index (χ4v) is 2.47. The zero-order chi connectivity index (χ0) is 14.4. The second-order valence-corrected chi connectivity index (χ2v) is 5.19. The molecule has 1 amide bonds. The molecule has 1 aromatic carbocycles. The van der Waals surface area contributed by atoms with E-state index < -0.39 is 5.97 Å². The molecule has 0 aliphatic heterocycles. The van der Waals surface area contributed by atoms with Crippen LogP contribution in [0.4, 0.5) is 5.13 Å². The number of aromatic nitrogens is 1. The number of nitrogens with one attached hydrogen (secondary N) is 1. The Morgan fingerprint density at radius 3 is 2.60 bits per heavy atom. The van der Waals surface area contributed by atoms with Gasteiger partial charge in [0, 0.05) is 23.9 Å². The van der Waals surface area contributed by atoms with Gasteiger partial charge >= 0.3 is 5.97 Å². The van der Waals surface area contributed by atoms with Gasteiger partial charge in [0.2, 0.25) is 5.91 Å². The number of benzene rings is 1. The summed E-state index contributed by atoms with van der Waals surface area (Å²) in [4.78, 5) is 26.8. The number of carboxylic acid groups (broad SMARTS) is 1. The van der Waals surface area contributed by atoms with Gasteiger partial charge in [0.25, 0.3) is 0 Å². The number of carbonyl (C=O) groups excluding carboxylic acids is 1. The van der Waals surface area contributed by atoms with Crippen LogP contribution < -0.4 is 5.32 Å². The Morgan fingerprint density at radius 1 is 1.25 bits per heavy atom. The van der Waals surface area contributed by atoms with Crippen molar-refractivity contribution in [3.8, 4) is 0 Å². The molecular formula is C14H14N2O3S. The SMILES string of the molecule is O=C(O)C[C@@H](CC(=O)Nc1nccs1)c1ccccc1. The number of hydrogen-bond donors (Lipinski definition) is 2. The van der Waals surface area contributed by atoms with Crippen LogP contribution in [0.2, 0.25) is 0 Å². The zero-order valence-electron chi connectivity index (χ0n) is 10.7. The van der Waals surface area contributed by atoms with Crippen LogP contribution in [0, 0.1) is 0 Å². The van der Waals surface area contributed by atoms with E-state index in [0.717, 1.165) is 5.56 Å². The number of amides is 1. The molecule has 5 nitrogen and oxygen atoms in total. The number of thiazole rings is 1. The molecule has 0 saturated heterocycles. The summed E-state index contributed by atoms with van der Waals surface area (Å²) in [5.74, 6) is -1.48. The van der Waals surface area contributed by atoms with Crippen molar-refractivity contribution in [2.24, 2.45) is 0 Å². The molecule has 0 aliphatic rings. The Morgan fingerprint density at radius 2 is 2.00 bits per heavy atom. The second kappa shape index (κ2) is 6.81. The van der Waals surface area contributed by atoms with E-state index in [1.807, 2.05) is 30.3 Å². The van der Waals surface area contributed by atoms with Gasteiger partial charge in [-0.3, -0.25) is 9.59 Å². The highest BCUT2D eigenvalue weighted by Gasteiger charge is 2.19. The average molecular weight is 290 g/mol. The number of anilines is 1. The van der Waals surface area contributed by atoms with Gasteiger partial charge in [-0.2, -0.15) is 0 Å². The van der Waals surface area contributed by atoms with Gasteiger partial charge in [0.15, 0.2) is 5.13 Å². The molecule has 0 fully saturated rings. The quantitative estimate of drug-likeness (QED) is 0.857. The Bertz CT molecular complexity index is 569. The third-order valence-corrected chi connectivity index (χ3v) is 3.49. The van der Waals surface area contributed by atoms with Crippen molar-refractivity contribution in [3.63, 3.8) is 0 Å². The highest BCUT2D eigenvalue weighted by Crippen LogP contribution is 2.24. The minimum atomic E-state index is -0.916. The number of aliphatic carboxylic acids is 1. The molecule has 2 aromatic rings. The predicted molar refractivity (Wildman–Crippen MR) is 76.8 cm³/mol. The molecule has 6 heteroatoms. The van der Waals surface area contributed by atoms with Gasteiger partial charge in [-0.05, 0) is 5.56 Å². The normalized spacial score (nSPS) is 11.8. The van der Waals surface area contributed by atoms with Crippen LogP contribution >= 0.6 is 11.3 Å². The first-order valence-corrected chi connectivity index (χ1v) is 6.99. The lowest BCUT2D eigenvalue weighted by molar-refractivity contribution is -0.137. The monoisotopic (exact) mass is 290 g/mol. The van der Waals surface area contributed by atoms with Gasteiger partial charge in [0.1, 0.15) is 0 Å². The third kappa shape index (κ3) is 4.17. The number of carbonyl (C=O) groups is 2. The van der Waals surface area contributed by atoms with Crippen LogP contribution in [-0.2, 0) is 9.59 Å². The first-order valence-electron chi connectivity index (χ1n) is 6.11. The van der Waals surface area contributed by atoms with Crippen molar-refractivity contribution >= 4 is 28.3 Å². The maximum absolute atomic E-state index is 11.9. The van der Waals surface area contributed by atoms with Gasteiger partial charge < -0.3 is 10.4 Å². The summed E-state index contributed by atoms with van der Waals surface area (Å²) in [5, 5.41) is 13.9. The molecule has 1 aromatic heterocycles. The summed E-state index contributed by atoms with van der Waals surface area (Å²) >= 11 is 1.33. The van der Waals surface area contributed by atoms with E-state index in [4.69, 9.17) is 5.11 Å². The number of nitrogens with zero attached hydrogens (tertiary/aromatic N) is 1. The lowest BCUT2D eigenvalue weighted by Crippen LogP contribution is -2.17. The summed E-state index contributed by atoms with van der Waals surface area (Å²) in [7, 11) is 0. The van der Waals surface area contributed by atoms with E-state index in [2.05, 4.69) is 10.3 Å². The first kappa shape index (κ1) is 14.2. The molecule has 0 aliphatic carbocycles. The van der Waals surface area contributed by atoms with Gasteiger partial charge in [-0.15, -0.1) is 11.3 Å². The molecule has 2 rings (SSSR count). The molecule has 0 bridgehead atoms. The Balaban J connectivity index is 2.04. The van der Waals surface area contributed by atoms with Gasteiger partial charge in [-0.1, -0.05) is 30.3 Å². The molecule has 20 heavy (non-hydrogen) atoms. The van der Waals surface area contributed by atoms with Crippen LogP contribution in [0.1, 0.15) is 24.3 Å². The van der Waals surface area contributed by atoms with Gasteiger partial charge in [0.05, 0.1) is 6.42 Å². The number of carboxylic acids is 1. The Hall–Kier alpha value is -2.21. The lowest BCUT2D eigenvalue weighted by Gasteiger charge is -2.14. The standard InChI is InChI=1S/C14H14N2O3S/c17-12(16-14-15-6-7-20-14)8-11(9-13(18)19)10-4-2-1-3-5-10/h1-7,11H,8-9H2,(H,18,19)(H,15,16,17)/t11-/m1/s1. The summed E-state index contributed by atoms with van der Waals surface area (Å²) in [6.45, 7) is 0. The maximum atomic E-state index is 11.9. The van der Waals surface area contributed by atoms with E-state index in [0.29, 0.717) is 5.13 Å². The van der Waals surface area contributed by atoms with Crippen LogP contribution in [0.3, 0.4) is 0 Å². The molecule has 0 radical (unpaired) electrons. The Kier molecular flexibility index (Phi) is 4.84. The van der Waals surface area contributed by atoms with E-state index in [1.54, 1.807) is 11.6 Å². The van der Waals surface area contributed by atoms with Crippen molar-refractivity contribution in [2.75, 3.05) is 5.32 Å². The summed E-state index contributed by atoms with van der Waals surface area (Å²) < 4.78 is 0. The zero-order valence-corrected chi connectivity index (χ0v) is 11.5. The molecule has 0 spiro atoms. The van der Waals surface area contributed by atoms with E-state index in [-0.39, 0.29) is 24.7 Å². The Labute approximate surface area is 120 Å². The third-order valence-electron chi connectivity index (χ3n) is 2.80. The lowest BCUT2D eigenvalue weighted by atomic mass is 9.92. The van der Waals surface area contributed by atoms with Crippen molar-refractivity contribution in [1.29, 1.82) is 0 Å². The van der Waals surface area contributed by atoms with Crippen LogP contribution in [0.25, 0.3) is 0 Å². The maximum Gasteiger partial charge on any atom is 0.303 e. The van der Waals surface area contributed by atoms with Crippen molar-refractivity contribution < 1.29 is 14.7 Å². The molecular weight excluding hydrogens is 276 g/mol. The number of rotatable bonds is 6. The van der Waals surface area contributed by atoms with Crippen molar-refractivity contribution in [3.05, 3.63) is 47.5 Å². The molecule has 104 valence electrons. The van der Waals surface area contributed by atoms with Gasteiger partial charge in [-0.25, -0.2) is 4.98 Å². The highest BCUT2D eigenvalue weighted by atomic mass is 32.1. The summed E-state index contributed by atoms with van der Waals surface area (Å²) in [6.07, 6.45) is 1.65. The van der Waals surface area contributed by atoms with E-state index >= 15 is 0 Å². The molecule has 1 heterocycles. The topological polar surface area (TPSA) is 79.3 Å². The second-order valence-electron chi connectivity index (χ2n) is 4.30. The van der Waals surface area contributed by atoms with E-state index in [1.165, 1.54) is 11.3 Å². The van der Waals surface area contributed by atoms with E-state index in [9.17, 15) is 9.59 Å². The molecule has 2 N–H and O–H groups in total. The summed E-state index contributed by atoms with van der Waals surface area (Å²) in [6, 6.07) is 9.21. The largest absolute Gasteiger partial charge is 0.481 e. The molecule has 1 atom stereocenters. The smallest absolute Gasteiger partial charge is 0.303 e. The average Bonchev–Trinajstić information content (AvgIpc) is 2.91. The van der Waals surface area contributed by atoms with Crippen molar-refractivity contribution in [2.45, 2.75) is 18.8 Å². The predicted octanol–water partition coefficient (Wildman–Crippen LogP) is 2.73. The molecule has 0 saturated carbocycles. The van der Waals surface area contributed by atoms with Crippen LogP contribution in [0.5, 0.6) is 0 Å². The first-order chi connectivity index (χ1) is 9.65. The fraction of sp³-hybridized carbons (Fsp3) is 0.214. The van der Waals surface area contributed by atoms with Crippen LogP contribution in [0.15, 0.2) is 41.9 Å². The highest BCUT2D eigenvalue weighted by molar-refractivity contribution is 7.13. The van der Waals surface area contributed by atoms with Crippen LogP contribution in [-0.4, -0.2) is 22.0 Å².